The summed E-state index contributed by atoms with van der Waals surface area (Å²) in [5.41, 5.74) is 2.39. The lowest BCUT2D eigenvalue weighted by molar-refractivity contribution is -0.120. The van der Waals surface area contributed by atoms with Crippen LogP contribution in [0.15, 0.2) is 48.8 Å². The van der Waals surface area contributed by atoms with E-state index in [-0.39, 0.29) is 12.3 Å². The second kappa shape index (κ2) is 9.50. The van der Waals surface area contributed by atoms with Gasteiger partial charge in [-0.3, -0.25) is 9.78 Å². The number of aromatic nitrogens is 3. The maximum absolute atomic E-state index is 12.4. The number of carbonyl (C=O) groups excluding carboxylic acids is 1. The lowest BCUT2D eigenvalue weighted by atomic mass is 10.1. The van der Waals surface area contributed by atoms with Gasteiger partial charge in [-0.25, -0.2) is 9.97 Å². The summed E-state index contributed by atoms with van der Waals surface area (Å²) in [7, 11) is 4.93. The standard InChI is InChI=1S/C21H23N5O3/c1-22-19-12-16(25-21(26-19)15-6-8-23-9-7-15)13-24-20(27)11-14-4-5-17(28-2)18(10-14)29-3/h4-10,12H,11,13H2,1-3H3,(H,24,27)(H,22,25,26). The summed E-state index contributed by atoms with van der Waals surface area (Å²) in [5.74, 6) is 2.35. The molecule has 0 atom stereocenters. The van der Waals surface area contributed by atoms with Crippen molar-refractivity contribution in [3.8, 4) is 22.9 Å². The Morgan fingerprint density at radius 2 is 1.76 bits per heavy atom. The Morgan fingerprint density at radius 1 is 1.00 bits per heavy atom. The molecule has 0 spiro atoms. The second-order valence-corrected chi connectivity index (χ2v) is 6.20. The number of methoxy groups -OCH3 is 2. The van der Waals surface area contributed by atoms with Gasteiger partial charge in [0.15, 0.2) is 17.3 Å². The number of nitrogens with one attached hydrogen (secondary N) is 2. The van der Waals surface area contributed by atoms with Gasteiger partial charge in [0.25, 0.3) is 0 Å². The lowest BCUT2D eigenvalue weighted by Gasteiger charge is -2.11. The van der Waals surface area contributed by atoms with Crippen LogP contribution in [0.3, 0.4) is 0 Å². The fraction of sp³-hybridized carbons (Fsp3) is 0.238. The number of nitrogens with zero attached hydrogens (tertiary/aromatic N) is 3. The predicted molar refractivity (Wildman–Crippen MR) is 110 cm³/mol. The van der Waals surface area contributed by atoms with Gasteiger partial charge in [-0.05, 0) is 29.8 Å². The average molecular weight is 393 g/mol. The van der Waals surface area contributed by atoms with E-state index in [0.717, 1.165) is 11.1 Å². The molecule has 0 aliphatic heterocycles. The van der Waals surface area contributed by atoms with Crippen LogP contribution in [0, 0.1) is 0 Å². The van der Waals surface area contributed by atoms with Gasteiger partial charge in [-0.15, -0.1) is 0 Å². The molecule has 8 heteroatoms. The van der Waals surface area contributed by atoms with Crippen molar-refractivity contribution in [2.45, 2.75) is 13.0 Å². The lowest BCUT2D eigenvalue weighted by Crippen LogP contribution is -2.25. The molecular weight excluding hydrogens is 370 g/mol. The van der Waals surface area contributed by atoms with Crippen LogP contribution in [0.25, 0.3) is 11.4 Å². The Morgan fingerprint density at radius 3 is 2.45 bits per heavy atom. The van der Waals surface area contributed by atoms with E-state index in [1.54, 1.807) is 51.9 Å². The fourth-order valence-corrected chi connectivity index (χ4v) is 2.77. The Kier molecular flexibility index (Phi) is 6.57. The van der Waals surface area contributed by atoms with Gasteiger partial charge in [-0.1, -0.05) is 6.07 Å². The van der Waals surface area contributed by atoms with Crippen LogP contribution in [0.1, 0.15) is 11.3 Å². The zero-order valence-corrected chi connectivity index (χ0v) is 16.6. The molecule has 3 aromatic rings. The first kappa shape index (κ1) is 20.1. The number of hydrogen-bond acceptors (Lipinski definition) is 7. The maximum Gasteiger partial charge on any atom is 0.224 e. The molecule has 3 rings (SSSR count). The second-order valence-electron chi connectivity index (χ2n) is 6.20. The molecule has 150 valence electrons. The molecule has 1 amide bonds. The molecule has 2 N–H and O–H groups in total. The Hall–Kier alpha value is -3.68. The minimum absolute atomic E-state index is 0.118. The van der Waals surface area contributed by atoms with E-state index in [9.17, 15) is 4.79 Å². The molecule has 0 radical (unpaired) electrons. The van der Waals surface area contributed by atoms with E-state index in [2.05, 4.69) is 25.6 Å². The summed E-state index contributed by atoms with van der Waals surface area (Å²) in [6.45, 7) is 0.293. The monoisotopic (exact) mass is 393 g/mol. The SMILES string of the molecule is CNc1cc(CNC(=O)Cc2ccc(OC)c(OC)c2)nc(-c2ccncc2)n1. The first-order chi connectivity index (χ1) is 14.1. The first-order valence-corrected chi connectivity index (χ1v) is 9.06. The van der Waals surface area contributed by atoms with Crippen molar-refractivity contribution >= 4 is 11.7 Å². The third-order valence-corrected chi connectivity index (χ3v) is 4.25. The van der Waals surface area contributed by atoms with Crippen molar-refractivity contribution in [1.29, 1.82) is 0 Å². The number of hydrogen-bond donors (Lipinski definition) is 2. The average Bonchev–Trinajstić information content (AvgIpc) is 2.78. The highest BCUT2D eigenvalue weighted by molar-refractivity contribution is 5.78. The number of carbonyl (C=O) groups is 1. The first-order valence-electron chi connectivity index (χ1n) is 9.06. The molecule has 2 heterocycles. The number of pyridine rings is 1. The summed E-state index contributed by atoms with van der Waals surface area (Å²) < 4.78 is 10.5. The number of amides is 1. The molecule has 1 aromatic carbocycles. The van der Waals surface area contributed by atoms with Crippen molar-refractivity contribution < 1.29 is 14.3 Å². The van der Waals surface area contributed by atoms with Crippen LogP contribution in [-0.4, -0.2) is 42.1 Å². The van der Waals surface area contributed by atoms with Crippen molar-refractivity contribution in [2.24, 2.45) is 0 Å². The summed E-state index contributed by atoms with van der Waals surface area (Å²) in [6.07, 6.45) is 3.60. The molecule has 0 saturated carbocycles. The third-order valence-electron chi connectivity index (χ3n) is 4.25. The number of anilines is 1. The van der Waals surface area contributed by atoms with E-state index in [4.69, 9.17) is 9.47 Å². The van der Waals surface area contributed by atoms with E-state index in [1.807, 2.05) is 18.2 Å². The van der Waals surface area contributed by atoms with Gasteiger partial charge in [0.2, 0.25) is 5.91 Å². The van der Waals surface area contributed by atoms with E-state index < -0.39 is 0 Å². The quantitative estimate of drug-likeness (QED) is 0.607. The molecule has 0 aliphatic rings. The van der Waals surface area contributed by atoms with E-state index in [0.29, 0.717) is 35.4 Å². The zero-order chi connectivity index (χ0) is 20.6. The number of ether oxygens (including phenoxy) is 2. The Labute approximate surface area is 169 Å². The number of rotatable bonds is 8. The fourth-order valence-electron chi connectivity index (χ4n) is 2.77. The molecule has 8 nitrogen and oxygen atoms in total. The van der Waals surface area contributed by atoms with Crippen LogP contribution in [0.5, 0.6) is 11.5 Å². The van der Waals surface area contributed by atoms with Crippen LogP contribution < -0.4 is 20.1 Å². The Balaban J connectivity index is 1.68. The van der Waals surface area contributed by atoms with Crippen molar-refractivity contribution in [1.82, 2.24) is 20.3 Å². The molecule has 0 unspecified atom stereocenters. The van der Waals surface area contributed by atoms with E-state index in [1.165, 1.54) is 0 Å². The minimum atomic E-state index is -0.118. The normalized spacial score (nSPS) is 10.3. The summed E-state index contributed by atoms with van der Waals surface area (Å²) in [4.78, 5) is 25.4. The minimum Gasteiger partial charge on any atom is -0.493 e. The third kappa shape index (κ3) is 5.19. The van der Waals surface area contributed by atoms with Crippen LogP contribution in [0.2, 0.25) is 0 Å². The topological polar surface area (TPSA) is 98.3 Å². The number of benzene rings is 1. The summed E-state index contributed by atoms with van der Waals surface area (Å²) >= 11 is 0. The Bertz CT molecular complexity index is 979. The molecule has 2 aromatic heterocycles. The van der Waals surface area contributed by atoms with Crippen LogP contribution in [0.4, 0.5) is 5.82 Å². The zero-order valence-electron chi connectivity index (χ0n) is 16.6. The van der Waals surface area contributed by atoms with Crippen molar-refractivity contribution in [3.05, 3.63) is 60.0 Å². The largest absolute Gasteiger partial charge is 0.493 e. The van der Waals surface area contributed by atoms with E-state index >= 15 is 0 Å². The van der Waals surface area contributed by atoms with Gasteiger partial charge < -0.3 is 20.1 Å². The summed E-state index contributed by atoms with van der Waals surface area (Å²) in [5, 5.41) is 5.93. The molecule has 0 fully saturated rings. The highest BCUT2D eigenvalue weighted by atomic mass is 16.5. The molecule has 0 saturated heterocycles. The molecule has 29 heavy (non-hydrogen) atoms. The van der Waals surface area contributed by atoms with Gasteiger partial charge >= 0.3 is 0 Å². The highest BCUT2D eigenvalue weighted by Gasteiger charge is 2.10. The van der Waals surface area contributed by atoms with Gasteiger partial charge in [0, 0.05) is 31.1 Å². The van der Waals surface area contributed by atoms with Gasteiger partial charge in [-0.2, -0.15) is 0 Å². The maximum atomic E-state index is 12.4. The van der Waals surface area contributed by atoms with Crippen molar-refractivity contribution in [3.63, 3.8) is 0 Å². The van der Waals surface area contributed by atoms with Crippen LogP contribution in [-0.2, 0) is 17.8 Å². The van der Waals surface area contributed by atoms with Gasteiger partial charge in [0.1, 0.15) is 5.82 Å². The van der Waals surface area contributed by atoms with Crippen LogP contribution >= 0.6 is 0 Å². The predicted octanol–water partition coefficient (Wildman–Crippen LogP) is 2.46. The van der Waals surface area contributed by atoms with Crippen molar-refractivity contribution in [2.75, 3.05) is 26.6 Å². The highest BCUT2D eigenvalue weighted by Crippen LogP contribution is 2.27. The molecule has 0 bridgehead atoms. The smallest absolute Gasteiger partial charge is 0.224 e. The van der Waals surface area contributed by atoms with Gasteiger partial charge in [0.05, 0.1) is 32.9 Å². The molecule has 0 aliphatic carbocycles. The summed E-state index contributed by atoms with van der Waals surface area (Å²) in [6, 6.07) is 10.9. The molecular formula is C21H23N5O3.